The Kier molecular flexibility index (Phi) is 6.71. The van der Waals surface area contributed by atoms with Crippen LogP contribution in [0.3, 0.4) is 0 Å². The summed E-state index contributed by atoms with van der Waals surface area (Å²) >= 11 is 0. The van der Waals surface area contributed by atoms with Crippen LogP contribution in [-0.4, -0.2) is 68.4 Å². The Balaban J connectivity index is 1.55. The lowest BCUT2D eigenvalue weighted by Gasteiger charge is -2.20. The highest BCUT2D eigenvalue weighted by Gasteiger charge is 2.34. The fourth-order valence-electron chi connectivity index (χ4n) is 2.92. The van der Waals surface area contributed by atoms with Crippen molar-refractivity contribution in [2.24, 2.45) is 10.9 Å². The van der Waals surface area contributed by atoms with Gasteiger partial charge >= 0.3 is 6.09 Å². The van der Waals surface area contributed by atoms with E-state index in [0.29, 0.717) is 19.0 Å². The summed E-state index contributed by atoms with van der Waals surface area (Å²) in [5, 5.41) is 9.33. The van der Waals surface area contributed by atoms with Crippen LogP contribution in [0, 0.1) is 5.92 Å². The molecule has 7 nitrogen and oxygen atoms in total. The molecule has 1 unspecified atom stereocenters. The summed E-state index contributed by atoms with van der Waals surface area (Å²) in [5.41, 5.74) is -0.468. The quantitative estimate of drug-likeness (QED) is 0.384. The van der Waals surface area contributed by atoms with E-state index in [4.69, 9.17) is 4.74 Å². The molecule has 1 atom stereocenters. The van der Waals surface area contributed by atoms with Crippen molar-refractivity contribution in [1.82, 2.24) is 20.9 Å². The van der Waals surface area contributed by atoms with Crippen LogP contribution in [0.5, 0.6) is 0 Å². The summed E-state index contributed by atoms with van der Waals surface area (Å²) in [5.74, 6) is 1.48. The molecule has 0 aromatic heterocycles. The zero-order chi connectivity index (χ0) is 17.6. The molecule has 1 saturated carbocycles. The zero-order valence-corrected chi connectivity index (χ0v) is 15.5. The number of rotatable bonds is 6. The molecule has 1 saturated heterocycles. The van der Waals surface area contributed by atoms with Crippen molar-refractivity contribution in [2.45, 2.75) is 51.7 Å². The van der Waals surface area contributed by atoms with Gasteiger partial charge in [-0.3, -0.25) is 4.99 Å². The van der Waals surface area contributed by atoms with Gasteiger partial charge in [0.15, 0.2) is 5.96 Å². The third-order valence-corrected chi connectivity index (χ3v) is 4.25. The molecule has 1 amide bonds. The van der Waals surface area contributed by atoms with Crippen LogP contribution in [-0.2, 0) is 4.74 Å². The van der Waals surface area contributed by atoms with Crippen LogP contribution in [0.15, 0.2) is 4.99 Å². The highest BCUT2D eigenvalue weighted by atomic mass is 16.6. The molecule has 1 aliphatic carbocycles. The predicted molar refractivity (Wildman–Crippen MR) is 96.3 cm³/mol. The van der Waals surface area contributed by atoms with E-state index in [1.807, 2.05) is 20.8 Å². The smallest absolute Gasteiger partial charge is 0.407 e. The molecule has 0 aromatic carbocycles. The average Bonchev–Trinajstić information content (AvgIpc) is 3.24. The summed E-state index contributed by atoms with van der Waals surface area (Å²) in [6.45, 7) is 10.0. The van der Waals surface area contributed by atoms with E-state index < -0.39 is 11.7 Å². The molecule has 24 heavy (non-hydrogen) atoms. The molecule has 0 radical (unpaired) electrons. The fraction of sp³-hybridized carbons (Fsp3) is 0.882. The fourth-order valence-corrected chi connectivity index (χ4v) is 2.92. The lowest BCUT2D eigenvalue weighted by atomic mass is 10.1. The molecule has 2 rings (SSSR count). The number of amides is 1. The molecule has 0 aromatic rings. The number of ether oxygens (including phenoxy) is 1. The lowest BCUT2D eigenvalue weighted by Crippen LogP contribution is -2.44. The molecule has 1 heterocycles. The second kappa shape index (κ2) is 8.55. The Morgan fingerprint density at radius 2 is 1.88 bits per heavy atom. The van der Waals surface area contributed by atoms with Gasteiger partial charge in [-0.05, 0) is 52.5 Å². The van der Waals surface area contributed by atoms with Gasteiger partial charge in [0.1, 0.15) is 5.60 Å². The molecule has 2 aliphatic rings. The molecular formula is C17H33N5O2. The Bertz CT molecular complexity index is 443. The SMILES string of the molecule is CN=C(NCCNC(=O)OC(C)(C)C)NCC1CCN(C2CC2)C1. The van der Waals surface area contributed by atoms with Gasteiger partial charge in [-0.15, -0.1) is 0 Å². The molecular weight excluding hydrogens is 306 g/mol. The average molecular weight is 339 g/mol. The minimum Gasteiger partial charge on any atom is -0.444 e. The summed E-state index contributed by atoms with van der Waals surface area (Å²) in [6.07, 6.45) is 3.64. The Morgan fingerprint density at radius 1 is 1.17 bits per heavy atom. The van der Waals surface area contributed by atoms with E-state index in [1.165, 1.54) is 32.4 Å². The van der Waals surface area contributed by atoms with Crippen LogP contribution < -0.4 is 16.0 Å². The molecule has 7 heteroatoms. The van der Waals surface area contributed by atoms with E-state index in [0.717, 1.165) is 18.5 Å². The third-order valence-electron chi connectivity index (χ3n) is 4.25. The van der Waals surface area contributed by atoms with E-state index >= 15 is 0 Å². The molecule has 3 N–H and O–H groups in total. The second-order valence-electron chi connectivity index (χ2n) is 7.69. The van der Waals surface area contributed by atoms with Gasteiger partial charge in [-0.1, -0.05) is 0 Å². The van der Waals surface area contributed by atoms with Crippen LogP contribution in [0.1, 0.15) is 40.0 Å². The normalized spacial score (nSPS) is 22.3. The number of likely N-dealkylation sites (tertiary alicyclic amines) is 1. The van der Waals surface area contributed by atoms with Crippen molar-refractivity contribution in [3.05, 3.63) is 0 Å². The minimum atomic E-state index is -0.468. The second-order valence-corrected chi connectivity index (χ2v) is 7.69. The Labute approximate surface area is 145 Å². The summed E-state index contributed by atoms with van der Waals surface area (Å²) < 4.78 is 5.19. The van der Waals surface area contributed by atoms with Gasteiger partial charge in [0.2, 0.25) is 0 Å². The van der Waals surface area contributed by atoms with Crippen molar-refractivity contribution in [3.8, 4) is 0 Å². The molecule has 1 aliphatic heterocycles. The molecule has 0 bridgehead atoms. The Morgan fingerprint density at radius 3 is 2.50 bits per heavy atom. The van der Waals surface area contributed by atoms with Gasteiger partial charge in [0.05, 0.1) is 0 Å². The monoisotopic (exact) mass is 339 g/mol. The van der Waals surface area contributed by atoms with E-state index in [9.17, 15) is 4.79 Å². The standard InChI is InChI=1S/C17H33N5O2/c1-17(2,3)24-16(23)20-9-8-19-15(18-4)21-11-13-7-10-22(12-13)14-5-6-14/h13-14H,5-12H2,1-4H3,(H,20,23)(H2,18,19,21). The minimum absolute atomic E-state index is 0.390. The van der Waals surface area contributed by atoms with E-state index in [-0.39, 0.29) is 0 Å². The number of nitrogens with zero attached hydrogens (tertiary/aromatic N) is 2. The summed E-state index contributed by atoms with van der Waals surface area (Å²) in [4.78, 5) is 18.4. The van der Waals surface area contributed by atoms with E-state index in [1.54, 1.807) is 7.05 Å². The summed E-state index contributed by atoms with van der Waals surface area (Å²) in [7, 11) is 1.77. The van der Waals surface area contributed by atoms with Crippen molar-refractivity contribution in [3.63, 3.8) is 0 Å². The van der Waals surface area contributed by atoms with Crippen molar-refractivity contribution in [1.29, 1.82) is 0 Å². The number of hydrogen-bond donors (Lipinski definition) is 3. The maximum absolute atomic E-state index is 11.6. The number of alkyl carbamates (subject to hydrolysis) is 1. The molecule has 0 spiro atoms. The Hall–Kier alpha value is -1.50. The van der Waals surface area contributed by atoms with Crippen LogP contribution in [0.2, 0.25) is 0 Å². The first-order valence-corrected chi connectivity index (χ1v) is 9.03. The third kappa shape index (κ3) is 6.95. The number of carbonyl (C=O) groups excluding carboxylic acids is 1. The first-order valence-electron chi connectivity index (χ1n) is 9.03. The van der Waals surface area contributed by atoms with Crippen LogP contribution in [0.25, 0.3) is 0 Å². The predicted octanol–water partition coefficient (Wildman–Crippen LogP) is 1.16. The first kappa shape index (κ1) is 18.8. The van der Waals surface area contributed by atoms with Gasteiger partial charge in [0.25, 0.3) is 0 Å². The number of nitrogens with one attached hydrogen (secondary N) is 3. The highest BCUT2D eigenvalue weighted by Crippen LogP contribution is 2.31. The van der Waals surface area contributed by atoms with Gasteiger partial charge < -0.3 is 25.6 Å². The van der Waals surface area contributed by atoms with Crippen LogP contribution >= 0.6 is 0 Å². The summed E-state index contributed by atoms with van der Waals surface area (Å²) in [6, 6.07) is 0.867. The maximum Gasteiger partial charge on any atom is 0.407 e. The molecule has 138 valence electrons. The van der Waals surface area contributed by atoms with Gasteiger partial charge in [-0.25, -0.2) is 4.79 Å². The maximum atomic E-state index is 11.6. The van der Waals surface area contributed by atoms with Gasteiger partial charge in [0, 0.05) is 39.3 Å². The zero-order valence-electron chi connectivity index (χ0n) is 15.5. The number of hydrogen-bond acceptors (Lipinski definition) is 4. The van der Waals surface area contributed by atoms with Gasteiger partial charge in [-0.2, -0.15) is 0 Å². The van der Waals surface area contributed by atoms with Crippen molar-refractivity contribution >= 4 is 12.1 Å². The molecule has 2 fully saturated rings. The van der Waals surface area contributed by atoms with Crippen molar-refractivity contribution < 1.29 is 9.53 Å². The topological polar surface area (TPSA) is 78.0 Å². The first-order chi connectivity index (χ1) is 11.4. The highest BCUT2D eigenvalue weighted by molar-refractivity contribution is 5.79. The number of guanidine groups is 1. The number of carbonyl (C=O) groups is 1. The number of aliphatic imine (C=N–C) groups is 1. The lowest BCUT2D eigenvalue weighted by molar-refractivity contribution is 0.0529. The van der Waals surface area contributed by atoms with Crippen molar-refractivity contribution in [2.75, 3.05) is 39.8 Å². The van der Waals surface area contributed by atoms with E-state index in [2.05, 4.69) is 25.8 Å². The largest absolute Gasteiger partial charge is 0.444 e. The van der Waals surface area contributed by atoms with Crippen LogP contribution in [0.4, 0.5) is 4.79 Å².